The number of carboxylic acids is 1. The van der Waals surface area contributed by atoms with Gasteiger partial charge >= 0.3 is 5.97 Å². The van der Waals surface area contributed by atoms with E-state index in [4.69, 9.17) is 0 Å². The third kappa shape index (κ3) is 6.05. The number of fused-ring (bicyclic) bond motifs is 6. The Kier molecular flexibility index (Phi) is 8.79. The van der Waals surface area contributed by atoms with Gasteiger partial charge in [0.15, 0.2) is 0 Å². The van der Waals surface area contributed by atoms with Gasteiger partial charge in [0.25, 0.3) is 0 Å². The van der Waals surface area contributed by atoms with Crippen LogP contribution in [0.4, 0.5) is 17.1 Å². The number of aliphatic carboxylic acids is 1. The molecule has 1 fully saturated rings. The molecule has 0 amide bonds. The average Bonchev–Trinajstić information content (AvgIpc) is 3.86. The fourth-order valence-corrected chi connectivity index (χ4v) is 9.87. The summed E-state index contributed by atoms with van der Waals surface area (Å²) in [6.07, 6.45) is 10.8. The summed E-state index contributed by atoms with van der Waals surface area (Å²) in [5.41, 5.74) is 12.5. The maximum atomic E-state index is 11.8. The second-order valence-corrected chi connectivity index (χ2v) is 15.9. The molecule has 1 saturated carbocycles. The Morgan fingerprint density at radius 2 is 1.48 bits per heavy atom. The van der Waals surface area contributed by atoms with Gasteiger partial charge in [0.2, 0.25) is 0 Å². The van der Waals surface area contributed by atoms with E-state index in [1.54, 1.807) is 0 Å². The number of nitrogens with one attached hydrogen (secondary N) is 1. The Bertz CT molecular complexity index is 2350. The highest BCUT2D eigenvalue weighted by Crippen LogP contribution is 2.52. The number of quaternary nitrogens is 1. The van der Waals surface area contributed by atoms with Gasteiger partial charge in [-0.25, -0.2) is 0 Å². The third-order valence-electron chi connectivity index (χ3n) is 12.3. The molecule has 3 aliphatic rings. The minimum Gasteiger partial charge on any atom is -0.481 e. The molecule has 6 aromatic rings. The van der Waals surface area contributed by atoms with Crippen LogP contribution in [0.3, 0.4) is 0 Å². The molecule has 2 N–H and O–H groups in total. The molecule has 4 nitrogen and oxygen atoms in total. The molecular formula is C50H47N2O2+. The van der Waals surface area contributed by atoms with Crippen molar-refractivity contribution >= 4 is 51.5 Å². The van der Waals surface area contributed by atoms with E-state index in [0.717, 1.165) is 0 Å². The highest BCUT2D eigenvalue weighted by Gasteiger charge is 2.49. The minimum absolute atomic E-state index is 0.110. The van der Waals surface area contributed by atoms with E-state index >= 15 is 0 Å². The summed E-state index contributed by atoms with van der Waals surface area (Å²) in [4.78, 5) is 15.6. The third-order valence-corrected chi connectivity index (χ3v) is 12.3. The molecule has 54 heavy (non-hydrogen) atoms. The summed E-state index contributed by atoms with van der Waals surface area (Å²) >= 11 is 0. The zero-order chi connectivity index (χ0) is 36.8. The van der Waals surface area contributed by atoms with Crippen molar-refractivity contribution < 1.29 is 14.8 Å². The molecule has 1 aliphatic carbocycles. The van der Waals surface area contributed by atoms with Crippen LogP contribution in [0.25, 0.3) is 28.5 Å². The van der Waals surface area contributed by atoms with Gasteiger partial charge in [0.1, 0.15) is 11.7 Å². The summed E-state index contributed by atoms with van der Waals surface area (Å²) in [6.45, 7) is 5.21. The summed E-state index contributed by atoms with van der Waals surface area (Å²) in [5.74, 6) is -0.228. The van der Waals surface area contributed by atoms with Crippen LogP contribution in [0.5, 0.6) is 0 Å². The van der Waals surface area contributed by atoms with Crippen LogP contribution in [0.15, 0.2) is 146 Å². The van der Waals surface area contributed by atoms with Gasteiger partial charge in [-0.2, -0.15) is 0 Å². The van der Waals surface area contributed by atoms with Gasteiger partial charge in [-0.3, -0.25) is 9.69 Å². The fraction of sp³-hybridized carbons (Fsp3) is 0.220. The molecule has 4 unspecified atom stereocenters. The molecule has 0 spiro atoms. The second kappa shape index (κ2) is 13.9. The van der Waals surface area contributed by atoms with Crippen LogP contribution in [0, 0.1) is 0 Å². The van der Waals surface area contributed by atoms with E-state index in [1.807, 2.05) is 0 Å². The SMILES string of the molecule is CC1(C)c2c(ccc3ccccc23)[NH+](CCC(=O)O)C1/C=C/c1ccc2c(c1)C1CCCC1N2c1ccc(C=C(c2ccccc2)c2ccccc2)cc1. The zero-order valence-corrected chi connectivity index (χ0v) is 31.1. The van der Waals surface area contributed by atoms with E-state index in [2.05, 4.69) is 177 Å². The highest BCUT2D eigenvalue weighted by molar-refractivity contribution is 5.92. The maximum Gasteiger partial charge on any atom is 0.309 e. The van der Waals surface area contributed by atoms with Crippen LogP contribution in [0.2, 0.25) is 0 Å². The number of carbonyl (C=O) groups is 1. The van der Waals surface area contributed by atoms with E-state index in [0.29, 0.717) is 18.5 Å². The Hall–Kier alpha value is -5.71. The van der Waals surface area contributed by atoms with Crippen molar-refractivity contribution in [3.8, 4) is 0 Å². The van der Waals surface area contributed by atoms with Gasteiger partial charge in [0, 0.05) is 35.0 Å². The van der Waals surface area contributed by atoms with Crippen LogP contribution in [-0.4, -0.2) is 29.7 Å². The molecule has 2 heterocycles. The van der Waals surface area contributed by atoms with Crippen LogP contribution in [-0.2, 0) is 10.2 Å². The van der Waals surface area contributed by atoms with E-state index in [-0.39, 0.29) is 17.9 Å². The smallest absolute Gasteiger partial charge is 0.309 e. The lowest BCUT2D eigenvalue weighted by Gasteiger charge is -2.27. The summed E-state index contributed by atoms with van der Waals surface area (Å²) in [6, 6.07) is 51.1. The van der Waals surface area contributed by atoms with Crippen molar-refractivity contribution in [2.45, 2.75) is 62.9 Å². The Labute approximate surface area is 318 Å². The quantitative estimate of drug-likeness (QED) is 0.147. The fourth-order valence-electron chi connectivity index (χ4n) is 9.87. The van der Waals surface area contributed by atoms with Gasteiger partial charge in [-0.1, -0.05) is 116 Å². The Morgan fingerprint density at radius 1 is 0.796 bits per heavy atom. The number of anilines is 2. The monoisotopic (exact) mass is 707 g/mol. The first-order chi connectivity index (χ1) is 26.4. The number of hydrogen-bond donors (Lipinski definition) is 2. The van der Waals surface area contributed by atoms with E-state index in [1.165, 1.54) is 91.0 Å². The van der Waals surface area contributed by atoms with Gasteiger partial charge in [-0.05, 0) is 113 Å². The number of rotatable bonds is 9. The Morgan fingerprint density at radius 3 is 2.20 bits per heavy atom. The average molecular weight is 708 g/mol. The summed E-state index contributed by atoms with van der Waals surface area (Å²) < 4.78 is 0. The molecule has 4 atom stereocenters. The lowest BCUT2D eigenvalue weighted by atomic mass is 9.78. The van der Waals surface area contributed by atoms with Crippen molar-refractivity contribution in [3.05, 3.63) is 179 Å². The molecule has 4 heteroatoms. The standard InChI is InChI=1S/C50H46N2O2/c1-50(2)47(51(31-30-48(53)54)46-28-24-38-16-9-10-17-40(38)49(46)50)29-23-35-22-27-45-43(33-35)41-18-11-19-44(41)52(45)39-25-20-34(21-26-39)32-42(36-12-5-3-6-13-36)37-14-7-4-8-15-37/h3-10,12-17,20-29,32-33,41,44,47H,11,18-19,30-31H2,1-2H3,(H,53,54)/p+1/b29-23+. The molecule has 6 aromatic carbocycles. The molecular weight excluding hydrogens is 661 g/mol. The maximum absolute atomic E-state index is 11.8. The number of benzene rings is 6. The first-order valence-corrected chi connectivity index (χ1v) is 19.5. The molecule has 0 saturated heterocycles. The Balaban J connectivity index is 1.02. The summed E-state index contributed by atoms with van der Waals surface area (Å²) in [5, 5.41) is 12.2. The highest BCUT2D eigenvalue weighted by atomic mass is 16.4. The van der Waals surface area contributed by atoms with Crippen LogP contribution < -0.4 is 9.80 Å². The number of carboxylic acid groups (broad SMARTS) is 1. The molecule has 2 aliphatic heterocycles. The van der Waals surface area contributed by atoms with Crippen molar-refractivity contribution in [2.24, 2.45) is 0 Å². The molecule has 0 bridgehead atoms. The predicted molar refractivity (Wildman–Crippen MR) is 223 cm³/mol. The topological polar surface area (TPSA) is 45.0 Å². The number of hydrogen-bond acceptors (Lipinski definition) is 2. The van der Waals surface area contributed by atoms with Crippen molar-refractivity contribution in [1.82, 2.24) is 0 Å². The number of nitrogens with zero attached hydrogens (tertiary/aromatic N) is 1. The largest absolute Gasteiger partial charge is 0.481 e. The normalized spacial score (nSPS) is 20.9. The van der Waals surface area contributed by atoms with Gasteiger partial charge in [0.05, 0.1) is 18.4 Å². The predicted octanol–water partition coefficient (Wildman–Crippen LogP) is 10.6. The first kappa shape index (κ1) is 34.1. The van der Waals surface area contributed by atoms with Crippen molar-refractivity contribution in [3.63, 3.8) is 0 Å². The second-order valence-electron chi connectivity index (χ2n) is 15.9. The van der Waals surface area contributed by atoms with Crippen molar-refractivity contribution in [1.29, 1.82) is 0 Å². The minimum atomic E-state index is -0.748. The van der Waals surface area contributed by atoms with Crippen LogP contribution >= 0.6 is 0 Å². The molecule has 0 aromatic heterocycles. The lowest BCUT2D eigenvalue weighted by Crippen LogP contribution is -3.10. The van der Waals surface area contributed by atoms with Crippen LogP contribution in [0.1, 0.15) is 78.8 Å². The first-order valence-electron chi connectivity index (χ1n) is 19.5. The molecule has 268 valence electrons. The summed E-state index contributed by atoms with van der Waals surface area (Å²) in [7, 11) is 0. The molecule has 9 rings (SSSR count). The molecule has 0 radical (unpaired) electrons. The van der Waals surface area contributed by atoms with Gasteiger partial charge < -0.3 is 10.0 Å². The van der Waals surface area contributed by atoms with E-state index < -0.39 is 5.97 Å². The van der Waals surface area contributed by atoms with E-state index in [9.17, 15) is 9.90 Å². The zero-order valence-electron chi connectivity index (χ0n) is 31.1. The van der Waals surface area contributed by atoms with Crippen molar-refractivity contribution in [2.75, 3.05) is 11.4 Å². The van der Waals surface area contributed by atoms with Gasteiger partial charge in [-0.15, -0.1) is 0 Å². The lowest BCUT2D eigenvalue weighted by molar-refractivity contribution is -0.849.